The average molecular weight is 299 g/mol. The summed E-state index contributed by atoms with van der Waals surface area (Å²) in [7, 11) is 0. The minimum Gasteiger partial charge on any atom is -0.479 e. The van der Waals surface area contributed by atoms with Crippen LogP contribution in [0.1, 0.15) is 15.9 Å². The predicted octanol–water partition coefficient (Wildman–Crippen LogP) is 3.76. The van der Waals surface area contributed by atoms with E-state index in [0.29, 0.717) is 11.3 Å². The van der Waals surface area contributed by atoms with Gasteiger partial charge in [-0.25, -0.2) is 8.78 Å². The van der Waals surface area contributed by atoms with Crippen LogP contribution in [0.3, 0.4) is 0 Å². The van der Waals surface area contributed by atoms with Gasteiger partial charge in [0.05, 0.1) is 0 Å². The van der Waals surface area contributed by atoms with Crippen molar-refractivity contribution >= 4 is 11.9 Å². The Balaban J connectivity index is 2.12. The molecule has 0 aliphatic carbocycles. The van der Waals surface area contributed by atoms with Crippen LogP contribution in [0.4, 0.5) is 8.78 Å². The first-order chi connectivity index (χ1) is 10.6. The second-order valence-electron chi connectivity index (χ2n) is 4.30. The number of nitrogens with zero attached hydrogens (tertiary/aromatic N) is 1. The fourth-order valence-electron chi connectivity index (χ4n) is 1.76. The van der Waals surface area contributed by atoms with Gasteiger partial charge >= 0.3 is 0 Å². The molecule has 110 valence electrons. The Kier molecular flexibility index (Phi) is 4.99. The van der Waals surface area contributed by atoms with Gasteiger partial charge in [0.2, 0.25) is 0 Å². The molecule has 2 aromatic rings. The van der Waals surface area contributed by atoms with E-state index in [9.17, 15) is 13.6 Å². The van der Waals surface area contributed by atoms with E-state index in [1.165, 1.54) is 18.2 Å². The molecule has 0 spiro atoms. The van der Waals surface area contributed by atoms with E-state index in [4.69, 9.17) is 10.00 Å². The summed E-state index contributed by atoms with van der Waals surface area (Å²) in [5.74, 6) is -1.40. The summed E-state index contributed by atoms with van der Waals surface area (Å²) in [5, 5.41) is 8.39. The van der Waals surface area contributed by atoms with Crippen LogP contribution in [0, 0.1) is 23.0 Å². The van der Waals surface area contributed by atoms with Gasteiger partial charge in [0.1, 0.15) is 23.5 Å². The van der Waals surface area contributed by atoms with E-state index in [-0.39, 0.29) is 12.2 Å². The van der Waals surface area contributed by atoms with Crippen molar-refractivity contribution in [3.05, 3.63) is 71.3 Å². The van der Waals surface area contributed by atoms with Crippen molar-refractivity contribution in [1.82, 2.24) is 0 Å². The van der Waals surface area contributed by atoms with E-state index >= 15 is 0 Å². The molecule has 3 nitrogen and oxygen atoms in total. The second-order valence-corrected chi connectivity index (χ2v) is 4.30. The summed E-state index contributed by atoms with van der Waals surface area (Å²) in [5.41, 5.74) is 0.0853. The van der Waals surface area contributed by atoms with Gasteiger partial charge in [-0.2, -0.15) is 5.26 Å². The van der Waals surface area contributed by atoms with Crippen LogP contribution in [0.5, 0.6) is 5.75 Å². The molecule has 0 bridgehead atoms. The Morgan fingerprint density at radius 2 is 1.77 bits per heavy atom. The van der Waals surface area contributed by atoms with Crippen molar-refractivity contribution in [3.8, 4) is 11.8 Å². The first-order valence-corrected chi connectivity index (χ1v) is 6.38. The van der Waals surface area contributed by atoms with E-state index < -0.39 is 17.4 Å². The number of rotatable bonds is 5. The van der Waals surface area contributed by atoms with Crippen LogP contribution >= 0.6 is 0 Å². The topological polar surface area (TPSA) is 50.1 Å². The van der Waals surface area contributed by atoms with Gasteiger partial charge in [0, 0.05) is 11.1 Å². The number of hydrogen-bond donors (Lipinski definition) is 0. The number of carbonyl (C=O) groups excluding carboxylic acids is 1. The maximum atomic E-state index is 13.4. The summed E-state index contributed by atoms with van der Waals surface area (Å²) in [6.07, 6.45) is 2.21. The molecular weight excluding hydrogens is 288 g/mol. The lowest BCUT2D eigenvalue weighted by molar-refractivity contribution is 0.104. The molecule has 0 aliphatic rings. The monoisotopic (exact) mass is 299 g/mol. The smallest absolute Gasteiger partial charge is 0.185 e. The lowest BCUT2D eigenvalue weighted by Gasteiger charge is -2.02. The maximum Gasteiger partial charge on any atom is 0.185 e. The Hall–Kier alpha value is -3.00. The standard InChI is InChI=1S/C17H11F2NO2/c18-15-2-1-3-16(19)14(15)8-9-17(21)12-4-6-13(7-5-12)22-11-10-20/h1-9H,11H2/b9-8+. The summed E-state index contributed by atoms with van der Waals surface area (Å²) in [4.78, 5) is 11.9. The molecule has 0 heterocycles. The summed E-state index contributed by atoms with van der Waals surface area (Å²) in [6.45, 7) is -0.0836. The molecule has 0 radical (unpaired) electrons. The van der Waals surface area contributed by atoms with Gasteiger partial charge in [0.25, 0.3) is 0 Å². The Labute approximate surface area is 126 Å². The molecule has 2 aromatic carbocycles. The van der Waals surface area contributed by atoms with Gasteiger partial charge in [-0.3, -0.25) is 4.79 Å². The highest BCUT2D eigenvalue weighted by Crippen LogP contribution is 2.16. The number of halogens is 2. The van der Waals surface area contributed by atoms with Gasteiger partial charge in [-0.1, -0.05) is 6.07 Å². The SMILES string of the molecule is N#CCOc1ccc(C(=O)/C=C/c2c(F)cccc2F)cc1. The molecule has 0 atom stereocenters. The highest BCUT2D eigenvalue weighted by atomic mass is 19.1. The molecule has 0 saturated heterocycles. The number of nitriles is 1. The van der Waals surface area contributed by atoms with E-state index in [1.807, 2.05) is 6.07 Å². The quantitative estimate of drug-likeness (QED) is 0.624. The molecule has 2 rings (SSSR count). The van der Waals surface area contributed by atoms with Crippen LogP contribution in [0.25, 0.3) is 6.08 Å². The van der Waals surface area contributed by atoms with Gasteiger partial charge < -0.3 is 4.74 Å². The lowest BCUT2D eigenvalue weighted by atomic mass is 10.1. The zero-order valence-corrected chi connectivity index (χ0v) is 11.4. The number of ether oxygens (including phenoxy) is 1. The van der Waals surface area contributed by atoms with Crippen LogP contribution in [0.2, 0.25) is 0 Å². The highest BCUT2D eigenvalue weighted by molar-refractivity contribution is 6.06. The van der Waals surface area contributed by atoms with E-state index in [0.717, 1.165) is 24.3 Å². The van der Waals surface area contributed by atoms with Crippen molar-refractivity contribution in [2.24, 2.45) is 0 Å². The Bertz CT molecular complexity index is 726. The van der Waals surface area contributed by atoms with Crippen LogP contribution in [-0.4, -0.2) is 12.4 Å². The maximum absolute atomic E-state index is 13.4. The molecule has 0 saturated carbocycles. The minimum atomic E-state index is -0.732. The number of hydrogen-bond acceptors (Lipinski definition) is 3. The number of allylic oxidation sites excluding steroid dienone is 1. The highest BCUT2D eigenvalue weighted by Gasteiger charge is 2.07. The van der Waals surface area contributed by atoms with Crippen molar-refractivity contribution in [3.63, 3.8) is 0 Å². The van der Waals surface area contributed by atoms with Crippen molar-refractivity contribution in [2.75, 3.05) is 6.61 Å². The fourth-order valence-corrected chi connectivity index (χ4v) is 1.76. The second kappa shape index (κ2) is 7.14. The number of ketones is 1. The molecule has 0 aliphatic heterocycles. The molecule has 0 unspecified atom stereocenters. The summed E-state index contributed by atoms with van der Waals surface area (Å²) >= 11 is 0. The van der Waals surface area contributed by atoms with Crippen molar-refractivity contribution in [1.29, 1.82) is 5.26 Å². The predicted molar refractivity (Wildman–Crippen MR) is 77.3 cm³/mol. The van der Waals surface area contributed by atoms with Crippen molar-refractivity contribution in [2.45, 2.75) is 0 Å². The van der Waals surface area contributed by atoms with Crippen LogP contribution in [-0.2, 0) is 0 Å². The van der Waals surface area contributed by atoms with Crippen LogP contribution < -0.4 is 4.74 Å². The van der Waals surface area contributed by atoms with E-state index in [1.54, 1.807) is 12.1 Å². The largest absolute Gasteiger partial charge is 0.479 e. The molecule has 0 amide bonds. The summed E-state index contributed by atoms with van der Waals surface area (Å²) in [6, 6.07) is 11.4. The third kappa shape index (κ3) is 3.76. The van der Waals surface area contributed by atoms with Gasteiger partial charge in [0.15, 0.2) is 12.4 Å². The fraction of sp³-hybridized carbons (Fsp3) is 0.0588. The molecule has 0 N–H and O–H groups in total. The number of benzene rings is 2. The third-order valence-electron chi connectivity index (χ3n) is 2.84. The average Bonchev–Trinajstić information content (AvgIpc) is 2.52. The molecular formula is C17H11F2NO2. The first-order valence-electron chi connectivity index (χ1n) is 6.38. The summed E-state index contributed by atoms with van der Waals surface area (Å²) < 4.78 is 31.9. The normalized spacial score (nSPS) is 10.4. The van der Waals surface area contributed by atoms with Crippen molar-refractivity contribution < 1.29 is 18.3 Å². The lowest BCUT2D eigenvalue weighted by Crippen LogP contribution is -1.97. The Morgan fingerprint density at radius 3 is 2.36 bits per heavy atom. The molecule has 0 aromatic heterocycles. The Morgan fingerprint density at radius 1 is 1.14 bits per heavy atom. The minimum absolute atomic E-state index is 0.0836. The third-order valence-corrected chi connectivity index (χ3v) is 2.84. The number of carbonyl (C=O) groups is 1. The zero-order chi connectivity index (χ0) is 15.9. The van der Waals surface area contributed by atoms with E-state index in [2.05, 4.69) is 0 Å². The van der Waals surface area contributed by atoms with Crippen LogP contribution in [0.15, 0.2) is 48.5 Å². The first kappa shape index (κ1) is 15.4. The zero-order valence-electron chi connectivity index (χ0n) is 11.4. The molecule has 5 heteroatoms. The van der Waals surface area contributed by atoms with Gasteiger partial charge in [-0.15, -0.1) is 0 Å². The molecule has 22 heavy (non-hydrogen) atoms. The molecule has 0 fully saturated rings. The van der Waals surface area contributed by atoms with Gasteiger partial charge in [-0.05, 0) is 48.6 Å².